The minimum Gasteiger partial charge on any atom is -0.462 e. The van der Waals surface area contributed by atoms with Crippen LogP contribution in [0.4, 0.5) is 0 Å². The van der Waals surface area contributed by atoms with Crippen molar-refractivity contribution in [3.05, 3.63) is 260 Å². The Morgan fingerprint density at radius 3 is 0.962 bits per heavy atom. The normalized spacial score (nSPS) is 13.3. The monoisotopic (exact) mass is 1480 g/mol. The lowest BCUT2D eigenvalue weighted by Gasteiger charge is -2.08. The van der Waals surface area contributed by atoms with E-state index in [1.807, 2.05) is 109 Å². The van der Waals surface area contributed by atoms with E-state index in [1.165, 1.54) is 22.3 Å². The maximum absolute atomic E-state index is 12.2. The molecule has 104 heavy (non-hydrogen) atoms. The summed E-state index contributed by atoms with van der Waals surface area (Å²) in [4.78, 5) is 79.6. The number of rotatable bonds is 17. The fourth-order valence-electron chi connectivity index (χ4n) is 13.5. The molecule has 0 atom stereocenters. The Bertz CT molecular complexity index is 4710. The van der Waals surface area contributed by atoms with Gasteiger partial charge in [0.1, 0.15) is 23.3 Å². The van der Waals surface area contributed by atoms with Crippen LogP contribution in [0.15, 0.2) is 170 Å². The van der Waals surface area contributed by atoms with Crippen LogP contribution in [0.5, 0.6) is 0 Å². The zero-order valence-electron chi connectivity index (χ0n) is 57.2. The van der Waals surface area contributed by atoms with Gasteiger partial charge in [-0.3, -0.25) is 19.2 Å². The molecule has 8 aromatic carbocycles. The van der Waals surface area contributed by atoms with Gasteiger partial charge in [0.05, 0.1) is 85.2 Å². The molecule has 5 N–H and O–H groups in total. The number of hydrogen-bond acceptors (Lipinski definition) is 12. The van der Waals surface area contributed by atoms with E-state index in [1.54, 1.807) is 19.1 Å². The molecule has 8 heterocycles. The van der Waals surface area contributed by atoms with Gasteiger partial charge in [0.2, 0.25) is 9.23 Å². The molecule has 0 saturated carbocycles. The average Bonchev–Trinajstić information content (AvgIpc) is 1.65. The number of carbonyl (C=O) groups excluding carboxylic acids is 5. The molecule has 0 saturated heterocycles. The van der Waals surface area contributed by atoms with E-state index in [9.17, 15) is 24.0 Å². The number of esters is 1. The Labute approximate surface area is 620 Å². The van der Waals surface area contributed by atoms with E-state index in [0.29, 0.717) is 55.4 Å². The molecule has 0 aliphatic carbocycles. The van der Waals surface area contributed by atoms with Crippen molar-refractivity contribution in [2.24, 2.45) is 0 Å². The van der Waals surface area contributed by atoms with Crippen molar-refractivity contribution in [3.8, 4) is 0 Å². The first-order valence-corrected chi connectivity index (χ1v) is 38.0. The van der Waals surface area contributed by atoms with Crippen LogP contribution in [0.2, 0.25) is 0 Å². The Kier molecular flexibility index (Phi) is 25.6. The highest BCUT2D eigenvalue weighted by Crippen LogP contribution is 2.29. The smallest absolute Gasteiger partial charge is 0.338 e. The lowest BCUT2D eigenvalue weighted by molar-refractivity contribution is 0.0525. The summed E-state index contributed by atoms with van der Waals surface area (Å²) in [5.41, 5.74) is 19.1. The fraction of sp³-hybridized carbons (Fsp3) is 0.287. The van der Waals surface area contributed by atoms with Crippen LogP contribution in [0.3, 0.4) is 0 Å². The van der Waals surface area contributed by atoms with Crippen molar-refractivity contribution in [1.29, 1.82) is 0 Å². The minimum atomic E-state index is -1.67. The van der Waals surface area contributed by atoms with Gasteiger partial charge in [0.25, 0.3) is 23.6 Å². The number of nitrogens with zero attached hydrogens (tertiary/aromatic N) is 8. The van der Waals surface area contributed by atoms with E-state index >= 15 is 0 Å². The molecule has 0 spiro atoms. The lowest BCUT2D eigenvalue weighted by Crippen LogP contribution is -2.24. The Morgan fingerprint density at radius 2 is 0.692 bits per heavy atom. The van der Waals surface area contributed by atoms with Crippen molar-refractivity contribution in [1.82, 2.24) is 59.5 Å². The van der Waals surface area contributed by atoms with E-state index in [4.69, 9.17) is 45.6 Å². The van der Waals surface area contributed by atoms with E-state index < -0.39 is 9.23 Å². The molecule has 12 aromatic rings. The number of nitrogens with one attached hydrogen (secondary N) is 4. The largest absolute Gasteiger partial charge is 0.462 e. The summed E-state index contributed by atoms with van der Waals surface area (Å²) >= 11 is 5.84. The van der Waals surface area contributed by atoms with Crippen LogP contribution in [0.25, 0.3) is 44.1 Å². The molecule has 4 amide bonds. The summed E-state index contributed by atoms with van der Waals surface area (Å²) in [5, 5.41) is 20.9. The van der Waals surface area contributed by atoms with E-state index in [-0.39, 0.29) is 43.6 Å². The minimum absolute atomic E-state index is 0. The first-order valence-electron chi connectivity index (χ1n) is 34.6. The fourth-order valence-corrected chi connectivity index (χ4v) is 13.7. The van der Waals surface area contributed by atoms with Crippen LogP contribution in [-0.4, -0.2) is 110 Å². The SMILES string of the molecule is C.CCOC(=O)c1ccc(CCc2nc3cccc4c3n2CCNC4=O)cc1.CCc1ccc(CCc2nc3cccc4c3n2CCNC4=O)cc1.O=C1NCCn2c(CCc3ccc(CCl)cc3)nc3cccc1c32.O=C1NCCn2c(CCc3ccc(CO)cc3)nc3cccc1c32.O=S(Cl)Cl. The molecule has 538 valence electrons. The number of aryl methyl sites for hydroxylation is 9. The number of imidazole rings is 4. The van der Waals surface area contributed by atoms with Gasteiger partial charge in [-0.2, -0.15) is 0 Å². The number of aliphatic hydroxyl groups is 1. The molecule has 4 aromatic heterocycles. The zero-order chi connectivity index (χ0) is 71.9. The van der Waals surface area contributed by atoms with E-state index in [0.717, 1.165) is 179 Å². The summed E-state index contributed by atoms with van der Waals surface area (Å²) in [7, 11) is 7.36. The second-order valence-electron chi connectivity index (χ2n) is 25.1. The van der Waals surface area contributed by atoms with Gasteiger partial charge < -0.3 is 49.4 Å². The second kappa shape index (κ2) is 35.4. The third kappa shape index (κ3) is 17.8. The number of aliphatic hydroxyl groups excluding tert-OH is 1. The van der Waals surface area contributed by atoms with Gasteiger partial charge in [-0.1, -0.05) is 124 Å². The number of alkyl halides is 1. The Balaban J connectivity index is 0.000000136. The number of para-hydroxylation sites is 4. The number of carbonyl (C=O) groups is 5. The zero-order valence-corrected chi connectivity index (χ0v) is 60.3. The maximum Gasteiger partial charge on any atom is 0.338 e. The molecular formula is C80H83Cl3N12O8S. The van der Waals surface area contributed by atoms with Crippen molar-refractivity contribution >= 4 is 116 Å². The van der Waals surface area contributed by atoms with Crippen LogP contribution in [0.1, 0.15) is 135 Å². The van der Waals surface area contributed by atoms with Gasteiger partial charge in [0.15, 0.2) is 0 Å². The van der Waals surface area contributed by atoms with Gasteiger partial charge in [-0.05, 0) is 139 Å². The molecule has 0 radical (unpaired) electrons. The topological polar surface area (TPSA) is 251 Å². The lowest BCUT2D eigenvalue weighted by atomic mass is 10.1. The number of halogens is 3. The van der Waals surface area contributed by atoms with Gasteiger partial charge in [-0.25, -0.2) is 28.9 Å². The van der Waals surface area contributed by atoms with Crippen LogP contribution >= 0.6 is 33.0 Å². The van der Waals surface area contributed by atoms with Gasteiger partial charge in [0, 0.05) is 105 Å². The number of aromatic nitrogens is 8. The van der Waals surface area contributed by atoms with E-state index in [2.05, 4.69) is 116 Å². The standard InChI is InChI=1S/C21H21N3O3.C20H21N3O.C19H18ClN3O.C19H19N3O2.CH4.Cl2OS/c1-2-27-21(26)15-9-6-14(7-10-15)8-11-18-23-17-5-3-4-16-19(17)24(18)13-12-22-20(16)25;1-2-14-6-8-15(9-7-14)10-11-18-22-17-5-3-4-16-19(17)23(18)13-12-21-20(16)24;20-12-14-6-4-13(5-7-14)8-9-17-22-16-3-1-2-15-18(16)23(17)11-10-21-19(15)24;23-12-14-6-4-13(5-7-14)8-9-17-21-16-3-1-2-15-18(16)22(17)11-10-20-19(15)24;;1-4(2)3/h3-7,9-10H,2,8,11-13H2,1H3,(H,22,25);3-9H,2,10-13H2,1H3,(H,21,24);1-7H,8-12H2,(H,21,24);1-7,23H,8-12H2,(H,20,24);1H4;. The predicted octanol–water partition coefficient (Wildman–Crippen LogP) is 12.9. The van der Waals surface area contributed by atoms with Crippen LogP contribution < -0.4 is 21.3 Å². The van der Waals surface area contributed by atoms with Crippen LogP contribution in [-0.2, 0) is 110 Å². The molecule has 0 bridgehead atoms. The first kappa shape index (κ1) is 75.1. The summed E-state index contributed by atoms with van der Waals surface area (Å²) < 4.78 is 22.8. The average molecular weight is 1480 g/mol. The predicted molar refractivity (Wildman–Crippen MR) is 411 cm³/mol. The molecule has 0 fully saturated rings. The van der Waals surface area contributed by atoms with Crippen LogP contribution in [0, 0.1) is 0 Å². The molecule has 24 heteroatoms. The van der Waals surface area contributed by atoms with Crippen molar-refractivity contribution in [3.63, 3.8) is 0 Å². The highest BCUT2D eigenvalue weighted by Gasteiger charge is 2.26. The van der Waals surface area contributed by atoms with Crippen molar-refractivity contribution in [2.75, 3.05) is 32.8 Å². The maximum atomic E-state index is 12.2. The Morgan fingerprint density at radius 1 is 0.423 bits per heavy atom. The third-order valence-electron chi connectivity index (χ3n) is 18.7. The molecule has 4 aliphatic heterocycles. The molecule has 4 aliphatic rings. The molecule has 16 rings (SSSR count). The summed E-state index contributed by atoms with van der Waals surface area (Å²) in [5.74, 6) is 4.26. The summed E-state index contributed by atoms with van der Waals surface area (Å²) in [6.07, 6.45) is 7.96. The summed E-state index contributed by atoms with van der Waals surface area (Å²) in [6.45, 7) is 9.92. The number of hydrogen-bond donors (Lipinski definition) is 5. The highest BCUT2D eigenvalue weighted by molar-refractivity contribution is 8.26. The Hall–Kier alpha value is -10.0. The molecule has 0 unspecified atom stereocenters. The molecule has 20 nitrogen and oxygen atoms in total. The second-order valence-corrected chi connectivity index (χ2v) is 27.9. The number of amides is 4. The summed E-state index contributed by atoms with van der Waals surface area (Å²) in [6, 6.07) is 55.6. The van der Waals surface area contributed by atoms with Gasteiger partial charge >= 0.3 is 5.97 Å². The third-order valence-corrected chi connectivity index (χ3v) is 19.0. The van der Waals surface area contributed by atoms with Crippen molar-refractivity contribution in [2.45, 2.75) is 118 Å². The molecular weight excluding hydrogens is 1400 g/mol. The number of benzene rings is 8. The first-order chi connectivity index (χ1) is 50.2. The van der Waals surface area contributed by atoms with Crippen molar-refractivity contribution < 1.29 is 38.0 Å². The van der Waals surface area contributed by atoms with Gasteiger partial charge in [-0.15, -0.1) is 11.6 Å². The quantitative estimate of drug-likeness (QED) is 0.0324. The number of ether oxygens (including phenoxy) is 1. The highest BCUT2D eigenvalue weighted by atomic mass is 36.0.